The number of nitrogens with one attached hydrogen (secondary N) is 3. The van der Waals surface area contributed by atoms with Gasteiger partial charge in [-0.05, 0) is 43.0 Å². The highest BCUT2D eigenvalue weighted by Crippen LogP contribution is 2.29. The maximum Gasteiger partial charge on any atom is 0.303 e. The molecule has 9 heteroatoms. The van der Waals surface area contributed by atoms with E-state index in [-0.39, 0.29) is 29.3 Å². The number of rotatable bonds is 6. The number of hydrogen-bond donors (Lipinski definition) is 4. The first-order valence-corrected chi connectivity index (χ1v) is 9.73. The molecule has 0 bridgehead atoms. The third-order valence-corrected chi connectivity index (χ3v) is 6.03. The van der Waals surface area contributed by atoms with Gasteiger partial charge in [-0.15, -0.1) is 0 Å². The van der Waals surface area contributed by atoms with Crippen LogP contribution in [-0.2, 0) is 21.2 Å². The Morgan fingerprint density at radius 1 is 1.31 bits per heavy atom. The summed E-state index contributed by atoms with van der Waals surface area (Å²) in [5.74, 6) is -0.939. The van der Waals surface area contributed by atoms with Crippen LogP contribution in [-0.4, -0.2) is 35.5 Å². The Balaban J connectivity index is 1.91. The van der Waals surface area contributed by atoms with Crippen molar-refractivity contribution in [1.82, 2.24) is 14.7 Å². The number of aromatic nitrogens is 2. The molecule has 2 aromatic heterocycles. The smallest absolute Gasteiger partial charge is 0.303 e. The maximum atomic E-state index is 12.5. The van der Waals surface area contributed by atoms with Crippen molar-refractivity contribution in [3.05, 3.63) is 40.3 Å². The molecule has 3 aromatic rings. The first-order chi connectivity index (χ1) is 12.3. The zero-order valence-electron chi connectivity index (χ0n) is 13.7. The SMILES string of the molecule is O=C(O)CCc1c[nH]c2c(=O)[nH]c3ccc(S(=O)(=O)NC4CC4)cc3c12. The molecule has 1 fully saturated rings. The molecule has 2 heterocycles. The molecule has 8 nitrogen and oxygen atoms in total. The van der Waals surface area contributed by atoms with Crippen LogP contribution in [0.5, 0.6) is 0 Å². The zero-order valence-corrected chi connectivity index (χ0v) is 14.5. The summed E-state index contributed by atoms with van der Waals surface area (Å²) in [7, 11) is -3.64. The van der Waals surface area contributed by atoms with E-state index in [2.05, 4.69) is 14.7 Å². The topological polar surface area (TPSA) is 132 Å². The number of H-pyrrole nitrogens is 2. The lowest BCUT2D eigenvalue weighted by Gasteiger charge is -2.08. The minimum Gasteiger partial charge on any atom is -0.481 e. The summed E-state index contributed by atoms with van der Waals surface area (Å²) in [5, 5.41) is 10.1. The molecule has 0 radical (unpaired) electrons. The van der Waals surface area contributed by atoms with Gasteiger partial charge in [-0.3, -0.25) is 9.59 Å². The van der Waals surface area contributed by atoms with Crippen molar-refractivity contribution < 1.29 is 18.3 Å². The number of carboxylic acids is 1. The fraction of sp³-hybridized carbons (Fsp3) is 0.294. The molecule has 0 saturated heterocycles. The molecular weight excluding hydrogens is 358 g/mol. The molecule has 1 aliphatic rings. The van der Waals surface area contributed by atoms with E-state index in [0.29, 0.717) is 27.4 Å². The summed E-state index contributed by atoms with van der Waals surface area (Å²) in [5.41, 5.74) is 1.15. The van der Waals surface area contributed by atoms with Crippen molar-refractivity contribution >= 4 is 37.8 Å². The van der Waals surface area contributed by atoms with E-state index in [4.69, 9.17) is 5.11 Å². The number of hydrogen-bond acceptors (Lipinski definition) is 4. The minimum atomic E-state index is -3.64. The van der Waals surface area contributed by atoms with Crippen LogP contribution in [0.1, 0.15) is 24.8 Å². The van der Waals surface area contributed by atoms with E-state index < -0.39 is 16.0 Å². The predicted molar refractivity (Wildman–Crippen MR) is 95.7 cm³/mol. The Labute approximate surface area is 148 Å². The third-order valence-electron chi connectivity index (χ3n) is 4.52. The summed E-state index contributed by atoms with van der Waals surface area (Å²) in [6, 6.07) is 4.53. The van der Waals surface area contributed by atoms with Crippen LogP contribution >= 0.6 is 0 Å². The van der Waals surface area contributed by atoms with Crippen molar-refractivity contribution in [2.45, 2.75) is 36.6 Å². The first-order valence-electron chi connectivity index (χ1n) is 8.25. The molecular formula is C17H17N3O5S. The number of carbonyl (C=O) groups is 1. The van der Waals surface area contributed by atoms with Gasteiger partial charge in [0.25, 0.3) is 5.56 Å². The normalized spacial score (nSPS) is 14.9. The molecule has 1 aromatic carbocycles. The van der Waals surface area contributed by atoms with E-state index in [9.17, 15) is 18.0 Å². The highest BCUT2D eigenvalue weighted by molar-refractivity contribution is 7.89. The molecule has 1 aliphatic carbocycles. The quantitative estimate of drug-likeness (QED) is 0.518. The van der Waals surface area contributed by atoms with Crippen LogP contribution in [0.25, 0.3) is 21.8 Å². The second kappa shape index (κ2) is 5.96. The van der Waals surface area contributed by atoms with Gasteiger partial charge < -0.3 is 15.1 Å². The monoisotopic (exact) mass is 375 g/mol. The van der Waals surface area contributed by atoms with Gasteiger partial charge in [0.15, 0.2) is 0 Å². The summed E-state index contributed by atoms with van der Waals surface area (Å²) in [4.78, 5) is 28.9. The van der Waals surface area contributed by atoms with Crippen molar-refractivity contribution in [3.63, 3.8) is 0 Å². The Morgan fingerprint density at radius 2 is 2.08 bits per heavy atom. The van der Waals surface area contributed by atoms with Crippen LogP contribution < -0.4 is 10.3 Å². The number of sulfonamides is 1. The van der Waals surface area contributed by atoms with E-state index in [1.54, 1.807) is 12.3 Å². The fourth-order valence-electron chi connectivity index (χ4n) is 3.07. The average Bonchev–Trinajstić information content (AvgIpc) is 3.27. The van der Waals surface area contributed by atoms with Gasteiger partial charge in [-0.2, -0.15) is 0 Å². The summed E-state index contributed by atoms with van der Waals surface area (Å²) < 4.78 is 27.6. The number of pyridine rings is 1. The molecule has 0 aliphatic heterocycles. The number of aryl methyl sites for hydroxylation is 1. The Morgan fingerprint density at radius 3 is 2.77 bits per heavy atom. The Hall–Kier alpha value is -2.65. The average molecular weight is 375 g/mol. The van der Waals surface area contributed by atoms with Gasteiger partial charge in [0, 0.05) is 34.9 Å². The van der Waals surface area contributed by atoms with E-state index >= 15 is 0 Å². The highest BCUT2D eigenvalue weighted by Gasteiger charge is 2.28. The molecule has 0 spiro atoms. The zero-order chi connectivity index (χ0) is 18.5. The Bertz CT molecular complexity index is 1190. The van der Waals surface area contributed by atoms with Gasteiger partial charge in [0.1, 0.15) is 5.52 Å². The van der Waals surface area contributed by atoms with Crippen LogP contribution in [0.15, 0.2) is 34.1 Å². The molecule has 4 N–H and O–H groups in total. The summed E-state index contributed by atoms with van der Waals surface area (Å²) in [6.07, 6.45) is 3.43. The lowest BCUT2D eigenvalue weighted by atomic mass is 10.0. The molecule has 0 amide bonds. The van der Waals surface area contributed by atoms with Gasteiger partial charge in [-0.25, -0.2) is 13.1 Å². The van der Waals surface area contributed by atoms with Crippen LogP contribution in [0.2, 0.25) is 0 Å². The molecule has 0 atom stereocenters. The van der Waals surface area contributed by atoms with Crippen LogP contribution in [0.3, 0.4) is 0 Å². The predicted octanol–water partition coefficient (Wildman–Crippen LogP) is 1.47. The van der Waals surface area contributed by atoms with Crippen molar-refractivity contribution in [2.24, 2.45) is 0 Å². The van der Waals surface area contributed by atoms with Crippen LogP contribution in [0, 0.1) is 0 Å². The van der Waals surface area contributed by atoms with Crippen molar-refractivity contribution in [3.8, 4) is 0 Å². The molecule has 0 unspecified atom stereocenters. The van der Waals surface area contributed by atoms with Crippen LogP contribution in [0.4, 0.5) is 0 Å². The van der Waals surface area contributed by atoms with Crippen molar-refractivity contribution in [1.29, 1.82) is 0 Å². The minimum absolute atomic E-state index is 0.00955. The first kappa shape index (κ1) is 16.8. The third kappa shape index (κ3) is 2.99. The van der Waals surface area contributed by atoms with Gasteiger partial charge in [0.2, 0.25) is 10.0 Å². The number of aromatic amines is 2. The lowest BCUT2D eigenvalue weighted by Crippen LogP contribution is -2.25. The second-order valence-corrected chi connectivity index (χ2v) is 8.23. The summed E-state index contributed by atoms with van der Waals surface area (Å²) >= 11 is 0. The lowest BCUT2D eigenvalue weighted by molar-refractivity contribution is -0.136. The van der Waals surface area contributed by atoms with Gasteiger partial charge in [-0.1, -0.05) is 0 Å². The van der Waals surface area contributed by atoms with E-state index in [1.165, 1.54) is 12.1 Å². The second-order valence-electron chi connectivity index (χ2n) is 6.51. The highest BCUT2D eigenvalue weighted by atomic mass is 32.2. The molecule has 1 saturated carbocycles. The number of fused-ring (bicyclic) bond motifs is 3. The van der Waals surface area contributed by atoms with E-state index in [1.807, 2.05) is 0 Å². The molecule has 4 rings (SSSR count). The van der Waals surface area contributed by atoms with Crippen molar-refractivity contribution in [2.75, 3.05) is 0 Å². The van der Waals surface area contributed by atoms with E-state index in [0.717, 1.165) is 12.8 Å². The molecule has 136 valence electrons. The number of aliphatic carboxylic acids is 1. The van der Waals surface area contributed by atoms with Gasteiger partial charge in [0.05, 0.1) is 4.90 Å². The Kier molecular flexibility index (Phi) is 3.85. The molecule has 26 heavy (non-hydrogen) atoms. The van der Waals surface area contributed by atoms with Gasteiger partial charge >= 0.3 is 5.97 Å². The standard InChI is InChI=1S/C17H17N3O5S/c21-14(22)6-1-9-8-18-16-15(9)12-7-11(4-5-13(12)19-17(16)23)26(24,25)20-10-2-3-10/h4-5,7-8,10,18,20H,1-3,6H2,(H,19,23)(H,21,22). The number of benzene rings is 1. The number of carboxylic acid groups (broad SMARTS) is 1. The fourth-order valence-corrected chi connectivity index (χ4v) is 4.40. The maximum absolute atomic E-state index is 12.5. The largest absolute Gasteiger partial charge is 0.481 e. The summed E-state index contributed by atoms with van der Waals surface area (Å²) in [6.45, 7) is 0.